The number of unbranched alkanes of at least 4 members (excludes halogenated alkanes) is 3. The van der Waals surface area contributed by atoms with E-state index < -0.39 is 0 Å². The van der Waals surface area contributed by atoms with E-state index in [9.17, 15) is 0 Å². The van der Waals surface area contributed by atoms with Crippen molar-refractivity contribution in [1.29, 1.82) is 0 Å². The molecule has 0 heterocycles. The lowest BCUT2D eigenvalue weighted by Crippen LogP contribution is -2.32. The molecule has 0 spiro atoms. The second-order valence-electron chi connectivity index (χ2n) is 7.00. The molecule has 102 valence electrons. The highest BCUT2D eigenvalue weighted by Crippen LogP contribution is 2.43. The van der Waals surface area contributed by atoms with Crippen LogP contribution < -0.4 is 0 Å². The van der Waals surface area contributed by atoms with Crippen molar-refractivity contribution in [3.05, 3.63) is 0 Å². The molecule has 0 saturated heterocycles. The van der Waals surface area contributed by atoms with E-state index in [0.717, 1.165) is 11.8 Å². The zero-order chi connectivity index (χ0) is 12.9. The molecule has 1 saturated carbocycles. The first-order chi connectivity index (χ1) is 7.95. The number of hydrogen-bond acceptors (Lipinski definition) is 0. The summed E-state index contributed by atoms with van der Waals surface area (Å²) in [6.45, 7) is 9.45. The van der Waals surface area contributed by atoms with Gasteiger partial charge in [0.25, 0.3) is 0 Å². The van der Waals surface area contributed by atoms with Crippen LogP contribution >= 0.6 is 11.6 Å². The molecule has 0 radical (unpaired) electrons. The van der Waals surface area contributed by atoms with Gasteiger partial charge in [-0.15, -0.1) is 11.6 Å². The average Bonchev–Trinajstić information content (AvgIpc) is 2.25. The van der Waals surface area contributed by atoms with Gasteiger partial charge in [0.2, 0.25) is 0 Å². The van der Waals surface area contributed by atoms with Gasteiger partial charge in [0.1, 0.15) is 0 Å². The van der Waals surface area contributed by atoms with Gasteiger partial charge in [0, 0.05) is 5.38 Å². The van der Waals surface area contributed by atoms with Crippen LogP contribution in [0, 0.1) is 17.3 Å². The molecule has 17 heavy (non-hydrogen) atoms. The highest BCUT2D eigenvalue weighted by Gasteiger charge is 2.34. The van der Waals surface area contributed by atoms with Gasteiger partial charge in [0.15, 0.2) is 0 Å². The lowest BCUT2D eigenvalue weighted by molar-refractivity contribution is 0.138. The number of alkyl halides is 1. The van der Waals surface area contributed by atoms with Gasteiger partial charge in [-0.2, -0.15) is 0 Å². The Balaban J connectivity index is 2.36. The molecular weight excluding hydrogens is 228 g/mol. The van der Waals surface area contributed by atoms with Gasteiger partial charge in [0.05, 0.1) is 0 Å². The molecule has 0 N–H and O–H groups in total. The number of halogens is 1. The van der Waals surface area contributed by atoms with Crippen LogP contribution in [0.1, 0.15) is 79.1 Å². The SMILES string of the molecule is CCCCCCC1CC(C(C)(C)C)CCC1Cl. The van der Waals surface area contributed by atoms with Crippen LogP contribution in [0.15, 0.2) is 0 Å². The fourth-order valence-corrected chi connectivity index (χ4v) is 3.50. The summed E-state index contributed by atoms with van der Waals surface area (Å²) < 4.78 is 0. The van der Waals surface area contributed by atoms with Crippen molar-refractivity contribution in [2.75, 3.05) is 0 Å². The van der Waals surface area contributed by atoms with Crippen molar-refractivity contribution in [2.45, 2.75) is 84.4 Å². The first kappa shape index (κ1) is 15.3. The van der Waals surface area contributed by atoms with Crippen molar-refractivity contribution >= 4 is 11.6 Å². The maximum Gasteiger partial charge on any atom is 0.0364 e. The third-order valence-corrected chi connectivity index (χ3v) is 5.12. The van der Waals surface area contributed by atoms with Crippen LogP contribution in [0.2, 0.25) is 0 Å². The Kier molecular flexibility index (Phi) is 6.34. The summed E-state index contributed by atoms with van der Waals surface area (Å²) in [5.74, 6) is 1.67. The Hall–Kier alpha value is 0.290. The van der Waals surface area contributed by atoms with Gasteiger partial charge in [-0.3, -0.25) is 0 Å². The van der Waals surface area contributed by atoms with Crippen molar-refractivity contribution < 1.29 is 0 Å². The normalized spacial score (nSPS) is 30.5. The third kappa shape index (κ3) is 5.20. The van der Waals surface area contributed by atoms with Crippen LogP contribution in [-0.2, 0) is 0 Å². The smallest absolute Gasteiger partial charge is 0.0364 e. The molecule has 0 aromatic heterocycles. The van der Waals surface area contributed by atoms with E-state index in [1.165, 1.54) is 51.4 Å². The van der Waals surface area contributed by atoms with E-state index >= 15 is 0 Å². The van der Waals surface area contributed by atoms with Crippen LogP contribution in [0.3, 0.4) is 0 Å². The summed E-state index contributed by atoms with van der Waals surface area (Å²) >= 11 is 6.51. The van der Waals surface area contributed by atoms with E-state index in [4.69, 9.17) is 11.6 Å². The number of rotatable bonds is 5. The second kappa shape index (κ2) is 7.02. The summed E-state index contributed by atoms with van der Waals surface area (Å²) in [4.78, 5) is 0. The quantitative estimate of drug-likeness (QED) is 0.417. The third-order valence-electron chi connectivity index (χ3n) is 4.54. The molecule has 1 heteroatoms. The van der Waals surface area contributed by atoms with Crippen molar-refractivity contribution in [2.24, 2.45) is 17.3 Å². The maximum atomic E-state index is 6.51. The Morgan fingerprint density at radius 3 is 2.35 bits per heavy atom. The van der Waals surface area contributed by atoms with Gasteiger partial charge in [-0.25, -0.2) is 0 Å². The fraction of sp³-hybridized carbons (Fsp3) is 1.00. The Labute approximate surface area is 114 Å². The minimum absolute atomic E-state index is 0.454. The molecule has 0 nitrogen and oxygen atoms in total. The molecule has 1 fully saturated rings. The standard InChI is InChI=1S/C16H31Cl/c1-5-6-7-8-9-13-12-14(16(2,3)4)10-11-15(13)17/h13-15H,5-12H2,1-4H3. The second-order valence-corrected chi connectivity index (χ2v) is 7.56. The molecule has 3 unspecified atom stereocenters. The average molecular weight is 259 g/mol. The highest BCUT2D eigenvalue weighted by atomic mass is 35.5. The summed E-state index contributed by atoms with van der Waals surface area (Å²) in [6.07, 6.45) is 10.8. The Morgan fingerprint density at radius 2 is 1.76 bits per heavy atom. The lowest BCUT2D eigenvalue weighted by Gasteiger charge is -2.40. The predicted molar refractivity (Wildman–Crippen MR) is 78.7 cm³/mol. The predicted octanol–water partition coefficient (Wildman–Crippen LogP) is 6.03. The van der Waals surface area contributed by atoms with Crippen LogP contribution in [-0.4, -0.2) is 5.38 Å². The molecule has 0 bridgehead atoms. The maximum absolute atomic E-state index is 6.51. The minimum Gasteiger partial charge on any atom is -0.123 e. The first-order valence-corrected chi connectivity index (χ1v) is 8.03. The Morgan fingerprint density at radius 1 is 1.06 bits per heavy atom. The van der Waals surface area contributed by atoms with E-state index in [1.54, 1.807) is 0 Å². The molecule has 1 aliphatic rings. The summed E-state index contributed by atoms with van der Waals surface area (Å²) in [6, 6.07) is 0. The largest absolute Gasteiger partial charge is 0.123 e. The Bertz CT molecular complexity index is 204. The van der Waals surface area contributed by atoms with E-state index in [-0.39, 0.29) is 0 Å². The fourth-order valence-electron chi connectivity index (χ4n) is 3.15. The van der Waals surface area contributed by atoms with Crippen LogP contribution in [0.4, 0.5) is 0 Å². The first-order valence-electron chi connectivity index (χ1n) is 7.59. The molecule has 1 rings (SSSR count). The van der Waals surface area contributed by atoms with Crippen LogP contribution in [0.25, 0.3) is 0 Å². The zero-order valence-electron chi connectivity index (χ0n) is 12.3. The molecule has 3 atom stereocenters. The topological polar surface area (TPSA) is 0 Å². The van der Waals surface area contributed by atoms with Crippen molar-refractivity contribution in [1.82, 2.24) is 0 Å². The molecule has 0 aromatic carbocycles. The molecule has 0 aliphatic heterocycles. The lowest BCUT2D eigenvalue weighted by atomic mass is 9.68. The summed E-state index contributed by atoms with van der Waals surface area (Å²) in [5.41, 5.74) is 0.471. The minimum atomic E-state index is 0.454. The molecular formula is C16H31Cl. The van der Waals surface area contributed by atoms with Crippen molar-refractivity contribution in [3.63, 3.8) is 0 Å². The van der Waals surface area contributed by atoms with Gasteiger partial charge < -0.3 is 0 Å². The van der Waals surface area contributed by atoms with Gasteiger partial charge >= 0.3 is 0 Å². The van der Waals surface area contributed by atoms with Crippen molar-refractivity contribution in [3.8, 4) is 0 Å². The zero-order valence-corrected chi connectivity index (χ0v) is 13.0. The van der Waals surface area contributed by atoms with Crippen LogP contribution in [0.5, 0.6) is 0 Å². The highest BCUT2D eigenvalue weighted by molar-refractivity contribution is 6.20. The van der Waals surface area contributed by atoms with E-state index in [2.05, 4.69) is 27.7 Å². The summed E-state index contributed by atoms with van der Waals surface area (Å²) in [7, 11) is 0. The van der Waals surface area contributed by atoms with E-state index in [1.807, 2.05) is 0 Å². The van der Waals surface area contributed by atoms with E-state index in [0.29, 0.717) is 10.8 Å². The summed E-state index contributed by atoms with van der Waals surface area (Å²) in [5, 5.41) is 0.454. The van der Waals surface area contributed by atoms with Gasteiger partial charge in [-0.05, 0) is 42.9 Å². The van der Waals surface area contributed by atoms with Gasteiger partial charge in [-0.1, -0.05) is 53.4 Å². The monoisotopic (exact) mass is 258 g/mol. The molecule has 0 amide bonds. The number of hydrogen-bond donors (Lipinski definition) is 0. The molecule has 1 aliphatic carbocycles. The molecule has 0 aromatic rings.